The molecule has 1 atom stereocenters. The molecule has 1 unspecified atom stereocenters. The highest BCUT2D eigenvalue weighted by molar-refractivity contribution is 5.95. The summed E-state index contributed by atoms with van der Waals surface area (Å²) in [7, 11) is 0. The van der Waals surface area contributed by atoms with Gasteiger partial charge in [0.05, 0.1) is 5.92 Å². The Bertz CT molecular complexity index is 208. The van der Waals surface area contributed by atoms with Crippen LogP contribution in [-0.2, 0) is 9.59 Å². The lowest BCUT2D eigenvalue weighted by atomic mass is 10.0. The normalized spacial score (nSPS) is 14.2. The van der Waals surface area contributed by atoms with Crippen molar-refractivity contribution >= 4 is 11.9 Å². The quantitative estimate of drug-likeness (QED) is 0.572. The molecule has 0 aliphatic rings. The van der Waals surface area contributed by atoms with E-state index in [1.54, 1.807) is 6.92 Å². The van der Waals surface area contributed by atoms with Crippen molar-refractivity contribution in [2.24, 2.45) is 11.7 Å². The predicted molar refractivity (Wildman–Crippen MR) is 39.8 cm³/mol. The average molecular weight is 157 g/mol. The number of carboxylic acid groups (broad SMARTS) is 1. The minimum absolute atomic E-state index is 0.0394. The van der Waals surface area contributed by atoms with E-state index >= 15 is 0 Å². The van der Waals surface area contributed by atoms with Crippen LogP contribution in [0.25, 0.3) is 0 Å². The molecule has 0 aromatic carbocycles. The van der Waals surface area contributed by atoms with Crippen LogP contribution in [-0.4, -0.2) is 17.0 Å². The van der Waals surface area contributed by atoms with Gasteiger partial charge in [-0.15, -0.1) is 0 Å². The highest BCUT2D eigenvalue weighted by Gasteiger charge is 2.19. The summed E-state index contributed by atoms with van der Waals surface area (Å²) in [5, 5.41) is 8.52. The topological polar surface area (TPSA) is 80.4 Å². The van der Waals surface area contributed by atoms with Crippen molar-refractivity contribution in [2.45, 2.75) is 13.8 Å². The van der Waals surface area contributed by atoms with E-state index in [1.807, 2.05) is 0 Å². The van der Waals surface area contributed by atoms with Crippen molar-refractivity contribution in [3.8, 4) is 0 Å². The maximum Gasteiger partial charge on any atom is 0.332 e. The Labute approximate surface area is 64.7 Å². The second kappa shape index (κ2) is 3.75. The molecule has 4 heteroatoms. The zero-order valence-electron chi connectivity index (χ0n) is 6.50. The van der Waals surface area contributed by atoms with E-state index in [9.17, 15) is 9.59 Å². The molecule has 1 amide bonds. The Morgan fingerprint density at radius 1 is 1.55 bits per heavy atom. The standard InChI is InChI=1S/C7H11NO3/c1-3-5(7(10)11)4(2)6(8)9/h3-4H,1-2H3,(H2,8,9)(H,10,11)/b5-3-. The lowest BCUT2D eigenvalue weighted by Gasteiger charge is -2.06. The maximum absolute atomic E-state index is 10.5. The van der Waals surface area contributed by atoms with Gasteiger partial charge in [0, 0.05) is 5.57 Å². The van der Waals surface area contributed by atoms with Gasteiger partial charge in [-0.3, -0.25) is 4.79 Å². The molecule has 0 radical (unpaired) electrons. The number of primary amides is 1. The highest BCUT2D eigenvalue weighted by atomic mass is 16.4. The van der Waals surface area contributed by atoms with Crippen LogP contribution in [0, 0.1) is 5.92 Å². The molecule has 3 N–H and O–H groups in total. The Morgan fingerprint density at radius 2 is 2.00 bits per heavy atom. The number of allylic oxidation sites excluding steroid dienone is 1. The average Bonchev–Trinajstić information content (AvgIpc) is 1.88. The molecular formula is C7H11NO3. The van der Waals surface area contributed by atoms with Gasteiger partial charge in [-0.05, 0) is 13.8 Å². The molecule has 0 aromatic rings. The van der Waals surface area contributed by atoms with Crippen molar-refractivity contribution in [3.63, 3.8) is 0 Å². The van der Waals surface area contributed by atoms with Crippen LogP contribution < -0.4 is 5.73 Å². The molecule has 62 valence electrons. The van der Waals surface area contributed by atoms with E-state index in [-0.39, 0.29) is 5.57 Å². The molecule has 0 fully saturated rings. The molecular weight excluding hydrogens is 146 g/mol. The number of aliphatic carboxylic acids is 1. The van der Waals surface area contributed by atoms with Crippen LogP contribution in [0.3, 0.4) is 0 Å². The number of hydrogen-bond donors (Lipinski definition) is 2. The lowest BCUT2D eigenvalue weighted by Crippen LogP contribution is -2.25. The summed E-state index contributed by atoms with van der Waals surface area (Å²) in [4.78, 5) is 20.9. The van der Waals surface area contributed by atoms with Crippen molar-refractivity contribution in [1.82, 2.24) is 0 Å². The first-order valence-electron chi connectivity index (χ1n) is 3.19. The van der Waals surface area contributed by atoms with Gasteiger partial charge in [0.2, 0.25) is 5.91 Å². The van der Waals surface area contributed by atoms with Gasteiger partial charge in [-0.25, -0.2) is 4.79 Å². The molecule has 0 rings (SSSR count). The molecule has 0 saturated carbocycles. The number of carbonyl (C=O) groups is 2. The second-order valence-corrected chi connectivity index (χ2v) is 2.17. The Hall–Kier alpha value is -1.32. The van der Waals surface area contributed by atoms with E-state index in [2.05, 4.69) is 0 Å². The lowest BCUT2D eigenvalue weighted by molar-refractivity contribution is -0.134. The smallest absolute Gasteiger partial charge is 0.332 e. The maximum atomic E-state index is 10.5. The van der Waals surface area contributed by atoms with E-state index in [4.69, 9.17) is 10.8 Å². The van der Waals surface area contributed by atoms with Gasteiger partial charge in [-0.1, -0.05) is 6.08 Å². The first-order valence-corrected chi connectivity index (χ1v) is 3.19. The van der Waals surface area contributed by atoms with Gasteiger partial charge >= 0.3 is 5.97 Å². The van der Waals surface area contributed by atoms with E-state index < -0.39 is 17.8 Å². The van der Waals surface area contributed by atoms with Crippen molar-refractivity contribution in [3.05, 3.63) is 11.6 Å². The number of carboxylic acids is 1. The van der Waals surface area contributed by atoms with Crippen LogP contribution in [0.1, 0.15) is 13.8 Å². The van der Waals surface area contributed by atoms with Gasteiger partial charge in [0.1, 0.15) is 0 Å². The number of nitrogens with two attached hydrogens (primary N) is 1. The minimum atomic E-state index is -1.10. The van der Waals surface area contributed by atoms with Crippen LogP contribution in [0.5, 0.6) is 0 Å². The molecule has 0 saturated heterocycles. The second-order valence-electron chi connectivity index (χ2n) is 2.17. The van der Waals surface area contributed by atoms with Gasteiger partial charge in [0.15, 0.2) is 0 Å². The minimum Gasteiger partial charge on any atom is -0.478 e. The summed E-state index contributed by atoms with van der Waals surface area (Å²) in [6.45, 7) is 3.02. The third-order valence-corrected chi connectivity index (χ3v) is 1.45. The largest absolute Gasteiger partial charge is 0.478 e. The van der Waals surface area contributed by atoms with Crippen molar-refractivity contribution in [1.29, 1.82) is 0 Å². The Kier molecular flexibility index (Phi) is 3.30. The van der Waals surface area contributed by atoms with E-state index in [0.717, 1.165) is 0 Å². The van der Waals surface area contributed by atoms with Crippen LogP contribution in [0.4, 0.5) is 0 Å². The van der Waals surface area contributed by atoms with Crippen LogP contribution in [0.2, 0.25) is 0 Å². The van der Waals surface area contributed by atoms with E-state index in [0.29, 0.717) is 0 Å². The van der Waals surface area contributed by atoms with Crippen LogP contribution in [0.15, 0.2) is 11.6 Å². The molecule has 11 heavy (non-hydrogen) atoms. The first-order chi connectivity index (χ1) is 5.00. The van der Waals surface area contributed by atoms with Crippen molar-refractivity contribution < 1.29 is 14.7 Å². The molecule has 0 heterocycles. The number of rotatable bonds is 3. The van der Waals surface area contributed by atoms with Gasteiger partial charge in [-0.2, -0.15) is 0 Å². The third-order valence-electron chi connectivity index (χ3n) is 1.45. The molecule has 0 bridgehead atoms. The summed E-state index contributed by atoms with van der Waals surface area (Å²) < 4.78 is 0. The molecule has 0 aliphatic carbocycles. The summed E-state index contributed by atoms with van der Waals surface area (Å²) in [6.07, 6.45) is 1.37. The highest BCUT2D eigenvalue weighted by Crippen LogP contribution is 2.09. The summed E-state index contributed by atoms with van der Waals surface area (Å²) in [6, 6.07) is 0. The van der Waals surface area contributed by atoms with E-state index in [1.165, 1.54) is 13.0 Å². The summed E-state index contributed by atoms with van der Waals surface area (Å²) in [5.41, 5.74) is 4.95. The number of amides is 1. The number of hydrogen-bond acceptors (Lipinski definition) is 2. The predicted octanol–water partition coefficient (Wildman–Crippen LogP) is 0.139. The fraction of sp³-hybridized carbons (Fsp3) is 0.429. The monoisotopic (exact) mass is 157 g/mol. The van der Waals surface area contributed by atoms with Crippen LogP contribution >= 0.6 is 0 Å². The molecule has 0 spiro atoms. The zero-order valence-corrected chi connectivity index (χ0v) is 6.50. The fourth-order valence-corrected chi connectivity index (χ4v) is 0.712. The fourth-order valence-electron chi connectivity index (χ4n) is 0.712. The summed E-state index contributed by atoms with van der Waals surface area (Å²) >= 11 is 0. The van der Waals surface area contributed by atoms with Gasteiger partial charge in [0.25, 0.3) is 0 Å². The first kappa shape index (κ1) is 9.68. The summed E-state index contributed by atoms with van der Waals surface area (Å²) in [5.74, 6) is -2.45. The van der Waals surface area contributed by atoms with Crippen molar-refractivity contribution in [2.75, 3.05) is 0 Å². The van der Waals surface area contributed by atoms with Gasteiger partial charge < -0.3 is 10.8 Å². The SMILES string of the molecule is C/C=C(\C(=O)O)C(C)C(N)=O. The third kappa shape index (κ3) is 2.41. The Morgan fingerprint density at radius 3 is 2.09 bits per heavy atom. The molecule has 0 aliphatic heterocycles. The Balaban J connectivity index is 4.54. The zero-order chi connectivity index (χ0) is 9.02. The molecule has 4 nitrogen and oxygen atoms in total. The number of carbonyl (C=O) groups excluding carboxylic acids is 1. The molecule has 0 aromatic heterocycles.